The minimum Gasteiger partial charge on any atom is -0.375 e. The minimum absolute atomic E-state index is 0.0116. The van der Waals surface area contributed by atoms with Crippen LogP contribution in [0.2, 0.25) is 0 Å². The first-order chi connectivity index (χ1) is 6.27. The molecule has 2 aliphatic rings. The number of hydrogen-bond acceptors (Lipinski definition) is 3. The third-order valence-corrected chi connectivity index (χ3v) is 2.95. The van der Waals surface area contributed by atoms with E-state index in [-0.39, 0.29) is 12.4 Å². The Morgan fingerprint density at radius 1 is 1.00 bits per heavy atom. The monoisotopic (exact) mass is 186 g/mol. The van der Waals surface area contributed by atoms with Crippen LogP contribution in [0.3, 0.4) is 0 Å². The van der Waals surface area contributed by atoms with E-state index in [0.717, 1.165) is 26.1 Å². The van der Waals surface area contributed by atoms with Crippen LogP contribution in [0.4, 0.5) is 0 Å². The Morgan fingerprint density at radius 2 is 1.69 bits per heavy atom. The van der Waals surface area contributed by atoms with Gasteiger partial charge in [-0.25, -0.2) is 0 Å². The van der Waals surface area contributed by atoms with E-state index in [1.807, 2.05) is 0 Å². The molecule has 2 fully saturated rings. The Kier molecular flexibility index (Phi) is 2.86. The third-order valence-electron chi connectivity index (χ3n) is 2.95. The van der Waals surface area contributed by atoms with Crippen LogP contribution in [-0.2, 0) is 14.2 Å². The van der Waals surface area contributed by atoms with Gasteiger partial charge in [-0.05, 0) is 26.7 Å². The van der Waals surface area contributed by atoms with Crippen LogP contribution in [0.25, 0.3) is 0 Å². The van der Waals surface area contributed by atoms with E-state index >= 15 is 0 Å². The van der Waals surface area contributed by atoms with Gasteiger partial charge in [-0.15, -0.1) is 0 Å². The molecule has 0 aromatic rings. The van der Waals surface area contributed by atoms with Crippen LogP contribution >= 0.6 is 0 Å². The molecule has 0 saturated carbocycles. The standard InChI is InChI=1S/C10H18O3/c1-7-3-4-9(8(2)13-7)10-11-5-6-12-10/h7-10H,3-6H2,1-2H3/t7-,8+,9-/m0/s1. The molecular weight excluding hydrogens is 168 g/mol. The predicted octanol–water partition coefficient (Wildman–Crippen LogP) is 1.56. The molecule has 0 aromatic carbocycles. The molecule has 0 amide bonds. The lowest BCUT2D eigenvalue weighted by Gasteiger charge is -2.35. The Morgan fingerprint density at radius 3 is 2.31 bits per heavy atom. The van der Waals surface area contributed by atoms with Crippen molar-refractivity contribution in [2.45, 2.75) is 45.2 Å². The van der Waals surface area contributed by atoms with E-state index in [9.17, 15) is 0 Å². The fourth-order valence-corrected chi connectivity index (χ4v) is 2.18. The first-order valence-corrected chi connectivity index (χ1v) is 5.16. The topological polar surface area (TPSA) is 27.7 Å². The van der Waals surface area contributed by atoms with Gasteiger partial charge in [-0.3, -0.25) is 0 Å². The zero-order valence-electron chi connectivity index (χ0n) is 8.36. The van der Waals surface area contributed by atoms with Crippen LogP contribution in [0.5, 0.6) is 0 Å². The summed E-state index contributed by atoms with van der Waals surface area (Å²) in [6, 6.07) is 0. The van der Waals surface area contributed by atoms with Crippen molar-refractivity contribution in [1.29, 1.82) is 0 Å². The average Bonchev–Trinajstić information content (AvgIpc) is 2.56. The van der Waals surface area contributed by atoms with Gasteiger partial charge in [0.05, 0.1) is 25.4 Å². The molecule has 2 heterocycles. The van der Waals surface area contributed by atoms with Gasteiger partial charge in [0.25, 0.3) is 0 Å². The lowest BCUT2D eigenvalue weighted by molar-refractivity contribution is -0.161. The largest absolute Gasteiger partial charge is 0.375 e. The number of rotatable bonds is 1. The highest BCUT2D eigenvalue weighted by Gasteiger charge is 2.35. The highest BCUT2D eigenvalue weighted by molar-refractivity contribution is 4.78. The SMILES string of the molecule is C[C@H]1CC[C@H](C2OCCO2)[C@@H](C)O1. The minimum atomic E-state index is -0.0116. The molecular formula is C10H18O3. The molecule has 3 heteroatoms. The highest BCUT2D eigenvalue weighted by Crippen LogP contribution is 2.30. The van der Waals surface area contributed by atoms with Gasteiger partial charge < -0.3 is 14.2 Å². The normalized spacial score (nSPS) is 42.5. The maximum atomic E-state index is 5.75. The third kappa shape index (κ3) is 2.03. The Balaban J connectivity index is 1.91. The molecule has 3 atom stereocenters. The van der Waals surface area contributed by atoms with Crippen LogP contribution < -0.4 is 0 Å². The molecule has 2 aliphatic heterocycles. The molecule has 0 N–H and O–H groups in total. The lowest BCUT2D eigenvalue weighted by atomic mass is 9.92. The molecule has 0 spiro atoms. The molecule has 13 heavy (non-hydrogen) atoms. The second-order valence-corrected chi connectivity index (χ2v) is 4.00. The summed E-state index contributed by atoms with van der Waals surface area (Å²) in [5.41, 5.74) is 0. The van der Waals surface area contributed by atoms with Crippen LogP contribution in [0, 0.1) is 5.92 Å². The van der Waals surface area contributed by atoms with Gasteiger partial charge in [0, 0.05) is 5.92 Å². The number of hydrogen-bond donors (Lipinski definition) is 0. The molecule has 0 radical (unpaired) electrons. The van der Waals surface area contributed by atoms with E-state index in [1.54, 1.807) is 0 Å². The summed E-state index contributed by atoms with van der Waals surface area (Å²) < 4.78 is 16.7. The summed E-state index contributed by atoms with van der Waals surface area (Å²) in [7, 11) is 0. The lowest BCUT2D eigenvalue weighted by Crippen LogP contribution is -2.39. The number of ether oxygens (including phenoxy) is 3. The fraction of sp³-hybridized carbons (Fsp3) is 1.00. The summed E-state index contributed by atoms with van der Waals surface area (Å²) in [5, 5.41) is 0. The van der Waals surface area contributed by atoms with Crippen molar-refractivity contribution in [3.05, 3.63) is 0 Å². The molecule has 0 bridgehead atoms. The van der Waals surface area contributed by atoms with Gasteiger partial charge in [0.15, 0.2) is 6.29 Å². The first kappa shape index (κ1) is 9.44. The Labute approximate surface area is 79.4 Å². The predicted molar refractivity (Wildman–Crippen MR) is 48.4 cm³/mol. The van der Waals surface area contributed by atoms with Crippen molar-refractivity contribution in [2.24, 2.45) is 5.92 Å². The maximum Gasteiger partial charge on any atom is 0.163 e. The van der Waals surface area contributed by atoms with Crippen molar-refractivity contribution in [3.8, 4) is 0 Å². The van der Waals surface area contributed by atoms with Gasteiger partial charge >= 0.3 is 0 Å². The molecule has 0 aromatic heterocycles. The van der Waals surface area contributed by atoms with Crippen molar-refractivity contribution in [2.75, 3.05) is 13.2 Å². The van der Waals surface area contributed by atoms with Crippen molar-refractivity contribution >= 4 is 0 Å². The Bertz CT molecular complexity index is 166. The van der Waals surface area contributed by atoms with E-state index in [0.29, 0.717) is 12.0 Å². The maximum absolute atomic E-state index is 5.75. The summed E-state index contributed by atoms with van der Waals surface area (Å²) in [5.74, 6) is 0.429. The zero-order chi connectivity index (χ0) is 9.26. The Hall–Kier alpha value is -0.120. The van der Waals surface area contributed by atoms with Crippen molar-refractivity contribution in [1.82, 2.24) is 0 Å². The molecule has 2 saturated heterocycles. The van der Waals surface area contributed by atoms with Crippen molar-refractivity contribution in [3.63, 3.8) is 0 Å². The zero-order valence-corrected chi connectivity index (χ0v) is 8.36. The molecule has 2 rings (SSSR count). The summed E-state index contributed by atoms with van der Waals surface area (Å²) in [6.07, 6.45) is 2.94. The summed E-state index contributed by atoms with van der Waals surface area (Å²) in [4.78, 5) is 0. The first-order valence-electron chi connectivity index (χ1n) is 5.16. The van der Waals surface area contributed by atoms with E-state index in [2.05, 4.69) is 13.8 Å². The quantitative estimate of drug-likeness (QED) is 0.622. The van der Waals surface area contributed by atoms with Crippen LogP contribution in [0.1, 0.15) is 26.7 Å². The summed E-state index contributed by atoms with van der Waals surface area (Å²) in [6.45, 7) is 5.72. The van der Waals surface area contributed by atoms with Gasteiger partial charge in [-0.2, -0.15) is 0 Å². The van der Waals surface area contributed by atoms with E-state index in [1.165, 1.54) is 0 Å². The van der Waals surface area contributed by atoms with Crippen LogP contribution in [-0.4, -0.2) is 31.7 Å². The van der Waals surface area contributed by atoms with E-state index < -0.39 is 0 Å². The smallest absolute Gasteiger partial charge is 0.163 e. The average molecular weight is 186 g/mol. The molecule has 0 aliphatic carbocycles. The van der Waals surface area contributed by atoms with E-state index in [4.69, 9.17) is 14.2 Å². The molecule has 76 valence electrons. The van der Waals surface area contributed by atoms with Crippen LogP contribution in [0.15, 0.2) is 0 Å². The molecule has 3 nitrogen and oxygen atoms in total. The van der Waals surface area contributed by atoms with Gasteiger partial charge in [-0.1, -0.05) is 0 Å². The second-order valence-electron chi connectivity index (χ2n) is 4.00. The van der Waals surface area contributed by atoms with Gasteiger partial charge in [0.1, 0.15) is 0 Å². The fourth-order valence-electron chi connectivity index (χ4n) is 2.18. The van der Waals surface area contributed by atoms with Crippen molar-refractivity contribution < 1.29 is 14.2 Å². The molecule has 0 unspecified atom stereocenters. The highest BCUT2D eigenvalue weighted by atomic mass is 16.7. The van der Waals surface area contributed by atoms with Gasteiger partial charge in [0.2, 0.25) is 0 Å². The second kappa shape index (κ2) is 3.95. The summed E-state index contributed by atoms with van der Waals surface area (Å²) >= 11 is 0.